The maximum absolute atomic E-state index is 12.9. The van der Waals surface area contributed by atoms with Crippen LogP contribution in [0, 0.1) is 6.92 Å². The Morgan fingerprint density at radius 3 is 2.91 bits per heavy atom. The Balaban J connectivity index is 1.80. The van der Waals surface area contributed by atoms with Crippen LogP contribution in [0.4, 0.5) is 0 Å². The highest BCUT2D eigenvalue weighted by Gasteiger charge is 2.38. The van der Waals surface area contributed by atoms with Crippen molar-refractivity contribution < 1.29 is 9.53 Å². The molecule has 2 aliphatic rings. The molecule has 3 heterocycles. The monoisotopic (exact) mass is 326 g/mol. The lowest BCUT2D eigenvalue weighted by Gasteiger charge is -2.45. The molecule has 0 aliphatic carbocycles. The molecule has 0 saturated carbocycles. The molecule has 0 spiro atoms. The zero-order chi connectivity index (χ0) is 15.9. The third-order valence-corrected chi connectivity index (χ3v) is 5.11. The molecule has 3 rings (SSSR count). The first-order valence-electron chi connectivity index (χ1n) is 7.87. The van der Waals surface area contributed by atoms with Crippen LogP contribution in [-0.4, -0.2) is 70.9 Å². The average molecular weight is 327 g/mol. The lowest BCUT2D eigenvalue weighted by molar-refractivity contribution is -0.0893. The minimum Gasteiger partial charge on any atom is -0.375 e. The number of ether oxygens (including phenoxy) is 1. The van der Waals surface area contributed by atoms with Gasteiger partial charge in [-0.1, -0.05) is 11.6 Å². The zero-order valence-electron chi connectivity index (χ0n) is 13.4. The summed E-state index contributed by atoms with van der Waals surface area (Å²) in [6.45, 7) is 7.55. The lowest BCUT2D eigenvalue weighted by atomic mass is 9.98. The number of rotatable bonds is 2. The number of carbonyl (C=O) groups is 1. The minimum atomic E-state index is -0.0142. The molecule has 22 heavy (non-hydrogen) atoms. The molecule has 1 aromatic rings. The van der Waals surface area contributed by atoms with Gasteiger partial charge >= 0.3 is 0 Å². The van der Waals surface area contributed by atoms with Crippen molar-refractivity contribution in [2.24, 2.45) is 0 Å². The molecule has 0 bridgehead atoms. The van der Waals surface area contributed by atoms with Crippen LogP contribution in [0.1, 0.15) is 29.4 Å². The Kier molecular flexibility index (Phi) is 4.43. The van der Waals surface area contributed by atoms with E-state index in [0.717, 1.165) is 19.6 Å². The number of fused-ring (bicyclic) bond motifs is 1. The standard InChI is InChI=1S/C15H23ClN4O2/c1-4-20-14(16)13(10(2)17-20)15(21)19-6-5-12-11(9-19)18(3)7-8-22-12/h11-12H,4-9H2,1-3H3/t11-,12-/m1/s1. The first-order chi connectivity index (χ1) is 10.5. The number of carbonyl (C=O) groups excluding carboxylic acids is 1. The van der Waals surface area contributed by atoms with Gasteiger partial charge in [0.25, 0.3) is 5.91 Å². The summed E-state index contributed by atoms with van der Waals surface area (Å²) in [6.07, 6.45) is 1.11. The largest absolute Gasteiger partial charge is 0.375 e. The number of likely N-dealkylation sites (tertiary alicyclic amines) is 1. The number of morpholine rings is 1. The summed E-state index contributed by atoms with van der Waals surface area (Å²) in [6, 6.07) is 0.270. The van der Waals surface area contributed by atoms with E-state index in [2.05, 4.69) is 17.0 Å². The van der Waals surface area contributed by atoms with Crippen LogP contribution >= 0.6 is 11.6 Å². The van der Waals surface area contributed by atoms with Gasteiger partial charge in [-0.25, -0.2) is 0 Å². The van der Waals surface area contributed by atoms with E-state index < -0.39 is 0 Å². The quantitative estimate of drug-likeness (QED) is 0.824. The highest BCUT2D eigenvalue weighted by Crippen LogP contribution is 2.26. The fraction of sp³-hybridized carbons (Fsp3) is 0.733. The molecule has 122 valence electrons. The van der Waals surface area contributed by atoms with Gasteiger partial charge in [0, 0.05) is 26.2 Å². The van der Waals surface area contributed by atoms with Crippen LogP contribution in [0.25, 0.3) is 0 Å². The number of halogens is 1. The van der Waals surface area contributed by atoms with Crippen molar-refractivity contribution in [1.82, 2.24) is 19.6 Å². The van der Waals surface area contributed by atoms with Gasteiger partial charge in [-0.3, -0.25) is 14.4 Å². The third kappa shape index (κ3) is 2.64. The molecule has 2 fully saturated rings. The SMILES string of the molecule is CCn1nc(C)c(C(=O)N2CC[C@H]3OCCN(C)[C@@H]3C2)c1Cl. The second-order valence-corrected chi connectivity index (χ2v) is 6.42. The predicted octanol–water partition coefficient (Wildman–Crippen LogP) is 1.41. The topological polar surface area (TPSA) is 50.6 Å². The van der Waals surface area contributed by atoms with Crippen LogP contribution < -0.4 is 0 Å². The van der Waals surface area contributed by atoms with E-state index in [-0.39, 0.29) is 18.1 Å². The van der Waals surface area contributed by atoms with Crippen LogP contribution in [-0.2, 0) is 11.3 Å². The lowest BCUT2D eigenvalue weighted by Crippen LogP contribution is -2.59. The van der Waals surface area contributed by atoms with E-state index in [0.29, 0.717) is 36.0 Å². The van der Waals surface area contributed by atoms with Crippen LogP contribution in [0.2, 0.25) is 5.15 Å². The number of piperidine rings is 1. The summed E-state index contributed by atoms with van der Waals surface area (Å²) in [5.41, 5.74) is 1.24. The molecule has 0 aromatic carbocycles. The molecule has 0 radical (unpaired) electrons. The highest BCUT2D eigenvalue weighted by molar-refractivity contribution is 6.33. The predicted molar refractivity (Wildman–Crippen MR) is 84.3 cm³/mol. The highest BCUT2D eigenvalue weighted by atomic mass is 35.5. The van der Waals surface area contributed by atoms with E-state index in [1.54, 1.807) is 4.68 Å². The van der Waals surface area contributed by atoms with Gasteiger partial charge in [0.15, 0.2) is 0 Å². The Morgan fingerprint density at radius 1 is 1.45 bits per heavy atom. The van der Waals surface area contributed by atoms with Crippen molar-refractivity contribution in [3.63, 3.8) is 0 Å². The molecule has 1 amide bonds. The summed E-state index contributed by atoms with van der Waals surface area (Å²) in [5, 5.41) is 4.79. The Labute approximate surface area is 136 Å². The van der Waals surface area contributed by atoms with Crippen molar-refractivity contribution in [3.05, 3.63) is 16.4 Å². The number of aryl methyl sites for hydroxylation is 2. The van der Waals surface area contributed by atoms with Crippen LogP contribution in [0.15, 0.2) is 0 Å². The van der Waals surface area contributed by atoms with E-state index in [9.17, 15) is 4.79 Å². The van der Waals surface area contributed by atoms with Crippen molar-refractivity contribution in [3.8, 4) is 0 Å². The van der Waals surface area contributed by atoms with Gasteiger partial charge in [-0.05, 0) is 27.3 Å². The van der Waals surface area contributed by atoms with E-state index >= 15 is 0 Å². The molecule has 1 aromatic heterocycles. The van der Waals surface area contributed by atoms with Crippen LogP contribution in [0.3, 0.4) is 0 Å². The van der Waals surface area contributed by atoms with Gasteiger partial charge in [0.2, 0.25) is 0 Å². The second kappa shape index (κ2) is 6.18. The first kappa shape index (κ1) is 15.8. The first-order valence-corrected chi connectivity index (χ1v) is 8.24. The summed E-state index contributed by atoms with van der Waals surface area (Å²) in [7, 11) is 2.10. The van der Waals surface area contributed by atoms with Gasteiger partial charge in [0.1, 0.15) is 5.15 Å². The smallest absolute Gasteiger partial charge is 0.258 e. The van der Waals surface area contributed by atoms with Gasteiger partial charge in [-0.15, -0.1) is 0 Å². The summed E-state index contributed by atoms with van der Waals surface area (Å²) < 4.78 is 7.51. The number of aromatic nitrogens is 2. The fourth-order valence-corrected chi connectivity index (χ4v) is 3.76. The van der Waals surface area contributed by atoms with E-state index in [1.165, 1.54) is 0 Å². The average Bonchev–Trinajstić information content (AvgIpc) is 2.81. The fourth-order valence-electron chi connectivity index (χ4n) is 3.39. The number of hydrogen-bond donors (Lipinski definition) is 0. The molecule has 7 heteroatoms. The number of likely N-dealkylation sites (N-methyl/N-ethyl adjacent to an activating group) is 1. The molecule has 2 atom stereocenters. The zero-order valence-corrected chi connectivity index (χ0v) is 14.1. The van der Waals surface area contributed by atoms with E-state index in [4.69, 9.17) is 16.3 Å². The van der Waals surface area contributed by atoms with Gasteiger partial charge in [-0.2, -0.15) is 5.10 Å². The maximum Gasteiger partial charge on any atom is 0.258 e. The second-order valence-electron chi connectivity index (χ2n) is 6.06. The number of nitrogens with zero attached hydrogens (tertiary/aromatic N) is 4. The van der Waals surface area contributed by atoms with Crippen molar-refractivity contribution >= 4 is 17.5 Å². The molecule has 2 aliphatic heterocycles. The number of amides is 1. The van der Waals surface area contributed by atoms with Crippen molar-refractivity contribution in [2.45, 2.75) is 39.0 Å². The van der Waals surface area contributed by atoms with Gasteiger partial charge < -0.3 is 9.64 Å². The summed E-state index contributed by atoms with van der Waals surface area (Å²) >= 11 is 6.33. The minimum absolute atomic E-state index is 0.0142. The third-order valence-electron chi connectivity index (χ3n) is 4.73. The molecule has 0 N–H and O–H groups in total. The van der Waals surface area contributed by atoms with Crippen molar-refractivity contribution in [2.75, 3.05) is 33.3 Å². The molecule has 0 unspecified atom stereocenters. The summed E-state index contributed by atoms with van der Waals surface area (Å²) in [5.74, 6) is -0.0142. The number of hydrogen-bond acceptors (Lipinski definition) is 4. The molecular weight excluding hydrogens is 304 g/mol. The van der Waals surface area contributed by atoms with E-state index in [1.807, 2.05) is 18.7 Å². The Morgan fingerprint density at radius 2 is 2.23 bits per heavy atom. The van der Waals surface area contributed by atoms with Crippen LogP contribution in [0.5, 0.6) is 0 Å². The molecule has 6 nitrogen and oxygen atoms in total. The van der Waals surface area contributed by atoms with Gasteiger partial charge in [0.05, 0.1) is 30.0 Å². The Bertz CT molecular complexity index is 574. The Hall–Kier alpha value is -1.11. The normalized spacial score (nSPS) is 26.1. The summed E-state index contributed by atoms with van der Waals surface area (Å²) in [4.78, 5) is 17.1. The molecule has 2 saturated heterocycles. The van der Waals surface area contributed by atoms with Crippen molar-refractivity contribution in [1.29, 1.82) is 0 Å². The maximum atomic E-state index is 12.9. The molecular formula is C15H23ClN4O2.